The van der Waals surface area contributed by atoms with Gasteiger partial charge in [-0.25, -0.2) is 0 Å². The lowest BCUT2D eigenvalue weighted by atomic mass is 8.92. The molecule has 6 aliphatic carbocycles. The Bertz CT molecular complexity index is 361. The van der Waals surface area contributed by atoms with E-state index >= 15 is 0 Å². The van der Waals surface area contributed by atoms with Gasteiger partial charge in [-0.1, -0.05) is 0 Å². The summed E-state index contributed by atoms with van der Waals surface area (Å²) in [5.74, 6) is 0.173. The molecule has 15 heavy (non-hydrogen) atoms. The normalized spacial score (nSPS) is 71.7. The number of hydrogen-bond acceptors (Lipinski definition) is 2. The molecule has 6 saturated carbocycles. The molecule has 80 valence electrons. The highest BCUT2D eigenvalue weighted by Crippen LogP contribution is 3.10. The van der Waals surface area contributed by atoms with Crippen LogP contribution in [-0.2, 0) is 9.59 Å². The number of rotatable bonds is 2. The van der Waals surface area contributed by atoms with Crippen LogP contribution in [0, 0.1) is 46.3 Å². The molecule has 0 bridgehead atoms. The van der Waals surface area contributed by atoms with Crippen molar-refractivity contribution in [2.45, 2.75) is 0 Å². The Hall–Kier alpha value is -0.770. The summed E-state index contributed by atoms with van der Waals surface area (Å²) in [4.78, 5) is 22.2. The third kappa shape index (κ3) is 0.329. The Balaban J connectivity index is 0.000000648. The van der Waals surface area contributed by atoms with E-state index in [9.17, 15) is 9.59 Å². The van der Waals surface area contributed by atoms with Crippen molar-refractivity contribution in [3.63, 3.8) is 0 Å². The highest BCUT2D eigenvalue weighted by Gasteiger charge is 3.13. The number of halogens is 1. The van der Waals surface area contributed by atoms with Crippen LogP contribution in [-0.4, -0.2) is 22.2 Å². The van der Waals surface area contributed by atoms with Gasteiger partial charge in [-0.2, -0.15) is 0 Å². The Labute approximate surface area is 91.1 Å². The minimum absolute atomic E-state index is 0. The predicted octanol–water partition coefficient (Wildman–Crippen LogP) is 0.315. The van der Waals surface area contributed by atoms with Gasteiger partial charge in [0.15, 0.2) is 0 Å². The van der Waals surface area contributed by atoms with E-state index in [-0.39, 0.29) is 47.9 Å². The molecule has 0 unspecified atom stereocenters. The third-order valence-electron chi connectivity index (χ3n) is 6.37. The van der Waals surface area contributed by atoms with Gasteiger partial charge in [0.2, 0.25) is 0 Å². The maximum atomic E-state index is 11.1. The van der Waals surface area contributed by atoms with Gasteiger partial charge in [-0.3, -0.25) is 9.59 Å². The topological polar surface area (TPSA) is 74.6 Å². The minimum Gasteiger partial charge on any atom is -0.481 e. The van der Waals surface area contributed by atoms with E-state index in [0.29, 0.717) is 0 Å². The number of hydrogen-bond donors (Lipinski definition) is 2. The molecule has 0 aromatic carbocycles. The molecule has 6 fully saturated rings. The summed E-state index contributed by atoms with van der Waals surface area (Å²) in [5.41, 5.74) is -0.839. The molecule has 0 aromatic rings. The van der Waals surface area contributed by atoms with Crippen LogP contribution in [0.2, 0.25) is 0 Å². The standard InChI is InChI=1S/C10H8O4.ClH/c11-7(12)9-1-2-4(9)6-5(9)3(1)10(2,6)8(13)14;/h1-6H,(H,11,12)(H,13,14);1H. The number of aliphatic carboxylic acids is 2. The van der Waals surface area contributed by atoms with E-state index in [2.05, 4.69) is 0 Å². The van der Waals surface area contributed by atoms with Crippen LogP contribution in [0.3, 0.4) is 0 Å². The molecule has 5 heteroatoms. The first-order valence-corrected chi connectivity index (χ1v) is 5.09. The summed E-state index contributed by atoms with van der Waals surface area (Å²) in [5, 5.41) is 18.3. The van der Waals surface area contributed by atoms with Crippen LogP contribution in [0.15, 0.2) is 0 Å². The Morgan fingerprint density at radius 2 is 0.933 bits per heavy atom. The summed E-state index contributed by atoms with van der Waals surface area (Å²) < 4.78 is 0. The molecular formula is C10H9ClO4. The first-order valence-electron chi connectivity index (χ1n) is 5.09. The number of carbonyl (C=O) groups is 2. The second-order valence-corrected chi connectivity index (χ2v) is 5.63. The second-order valence-electron chi connectivity index (χ2n) is 5.63. The van der Waals surface area contributed by atoms with Crippen LogP contribution < -0.4 is 0 Å². The van der Waals surface area contributed by atoms with Crippen LogP contribution in [0.1, 0.15) is 0 Å². The molecular weight excluding hydrogens is 220 g/mol. The van der Waals surface area contributed by atoms with Crippen LogP contribution in [0.5, 0.6) is 0 Å². The summed E-state index contributed by atoms with van der Waals surface area (Å²) in [6.45, 7) is 0. The molecule has 0 amide bonds. The Kier molecular flexibility index (Phi) is 0.892. The molecule has 0 atom stereocenters. The molecule has 0 spiro atoms. The molecule has 0 radical (unpaired) electrons. The van der Waals surface area contributed by atoms with Gasteiger partial charge in [-0.05, 0) is 35.5 Å². The first-order chi connectivity index (χ1) is 6.62. The van der Waals surface area contributed by atoms with Gasteiger partial charge in [0.25, 0.3) is 0 Å². The van der Waals surface area contributed by atoms with Crippen molar-refractivity contribution in [3.8, 4) is 0 Å². The van der Waals surface area contributed by atoms with E-state index in [1.165, 1.54) is 0 Å². The van der Waals surface area contributed by atoms with Crippen LogP contribution in [0.25, 0.3) is 0 Å². The lowest BCUT2D eigenvalue weighted by Crippen LogP contribution is -3.12. The Morgan fingerprint density at radius 1 is 0.733 bits per heavy atom. The molecule has 0 heterocycles. The molecule has 4 nitrogen and oxygen atoms in total. The van der Waals surface area contributed by atoms with Crippen molar-refractivity contribution in [2.24, 2.45) is 46.3 Å². The molecule has 0 aliphatic heterocycles. The largest absolute Gasteiger partial charge is 0.481 e. The van der Waals surface area contributed by atoms with Gasteiger partial charge in [0.1, 0.15) is 0 Å². The van der Waals surface area contributed by atoms with E-state index in [1.54, 1.807) is 0 Å². The molecule has 6 rings (SSSR count). The Morgan fingerprint density at radius 3 is 1.07 bits per heavy atom. The number of carboxylic acids is 2. The summed E-state index contributed by atoms with van der Waals surface area (Å²) >= 11 is 0. The van der Waals surface area contributed by atoms with Gasteiger partial charge in [0, 0.05) is 0 Å². The van der Waals surface area contributed by atoms with E-state index in [4.69, 9.17) is 10.2 Å². The summed E-state index contributed by atoms with van der Waals surface area (Å²) in [6.07, 6.45) is 0. The average molecular weight is 229 g/mol. The van der Waals surface area contributed by atoms with Crippen LogP contribution in [0.4, 0.5) is 0 Å². The van der Waals surface area contributed by atoms with Crippen molar-refractivity contribution in [3.05, 3.63) is 0 Å². The third-order valence-corrected chi connectivity index (χ3v) is 6.37. The highest BCUT2D eigenvalue weighted by atomic mass is 35.5. The van der Waals surface area contributed by atoms with Crippen LogP contribution >= 0.6 is 12.4 Å². The smallest absolute Gasteiger partial charge is 0.310 e. The van der Waals surface area contributed by atoms with Gasteiger partial charge >= 0.3 is 11.9 Å². The second kappa shape index (κ2) is 1.59. The molecule has 6 aliphatic rings. The maximum Gasteiger partial charge on any atom is 0.310 e. The summed E-state index contributed by atoms with van der Waals surface area (Å²) in [7, 11) is 0. The molecule has 2 N–H and O–H groups in total. The van der Waals surface area contributed by atoms with Crippen molar-refractivity contribution in [2.75, 3.05) is 0 Å². The van der Waals surface area contributed by atoms with Gasteiger partial charge < -0.3 is 10.2 Å². The highest BCUT2D eigenvalue weighted by molar-refractivity contribution is 5.95. The van der Waals surface area contributed by atoms with Crippen molar-refractivity contribution < 1.29 is 19.8 Å². The zero-order chi connectivity index (χ0) is 9.62. The quantitative estimate of drug-likeness (QED) is 0.714. The van der Waals surface area contributed by atoms with Gasteiger partial charge in [-0.15, -0.1) is 12.4 Å². The summed E-state index contributed by atoms with van der Waals surface area (Å²) in [6, 6.07) is 0. The average Bonchev–Trinajstić information content (AvgIpc) is 2.16. The fourth-order valence-corrected chi connectivity index (χ4v) is 6.38. The zero-order valence-corrected chi connectivity index (χ0v) is 8.40. The monoisotopic (exact) mass is 228 g/mol. The molecule has 0 aromatic heterocycles. The lowest BCUT2D eigenvalue weighted by molar-refractivity contribution is -0.628. The van der Waals surface area contributed by atoms with E-state index in [1.807, 2.05) is 0 Å². The van der Waals surface area contributed by atoms with E-state index < -0.39 is 22.8 Å². The van der Waals surface area contributed by atoms with Crippen molar-refractivity contribution in [1.29, 1.82) is 0 Å². The zero-order valence-electron chi connectivity index (χ0n) is 7.58. The fraction of sp³-hybridized carbons (Fsp3) is 0.800. The predicted molar refractivity (Wildman–Crippen MR) is 48.3 cm³/mol. The minimum atomic E-state index is -0.653. The first kappa shape index (κ1) is 8.39. The fourth-order valence-electron chi connectivity index (χ4n) is 6.38. The van der Waals surface area contributed by atoms with Gasteiger partial charge in [0.05, 0.1) is 10.8 Å². The van der Waals surface area contributed by atoms with Crippen molar-refractivity contribution >= 4 is 24.3 Å². The maximum absolute atomic E-state index is 11.1. The molecule has 0 saturated heterocycles. The van der Waals surface area contributed by atoms with Crippen molar-refractivity contribution in [1.82, 2.24) is 0 Å². The lowest BCUT2D eigenvalue weighted by Gasteiger charge is -3.08. The number of carboxylic acid groups (broad SMARTS) is 2. The SMILES string of the molecule is Cl.O=C(O)C12C3C4C1C1C2C3C41C(=O)O. The van der Waals surface area contributed by atoms with E-state index in [0.717, 1.165) is 0 Å².